The molecule has 0 aliphatic rings. The number of nitrogens with two attached hydrogens (primary N) is 2. The van der Waals surface area contributed by atoms with Gasteiger partial charge < -0.3 is 16.8 Å². The maximum Gasteiger partial charge on any atom is 0.0546 e. The van der Waals surface area contributed by atoms with Crippen LogP contribution in [0.5, 0.6) is 0 Å². The lowest BCUT2D eigenvalue weighted by Crippen LogP contribution is -2.39. The van der Waals surface area contributed by atoms with Crippen LogP contribution in [0, 0.1) is 0 Å². The van der Waals surface area contributed by atoms with E-state index in [0.717, 1.165) is 13.0 Å². The summed E-state index contributed by atoms with van der Waals surface area (Å²) in [6, 6.07) is 0. The van der Waals surface area contributed by atoms with E-state index in [2.05, 4.69) is 12.2 Å². The first-order valence-electron chi connectivity index (χ1n) is 4.50. The van der Waals surface area contributed by atoms with E-state index in [1.165, 1.54) is 19.3 Å². The normalized spacial score (nSPS) is 13.4. The van der Waals surface area contributed by atoms with Gasteiger partial charge in [0.2, 0.25) is 0 Å². The van der Waals surface area contributed by atoms with E-state index in [0.29, 0.717) is 6.54 Å². The van der Waals surface area contributed by atoms with Gasteiger partial charge in [0.1, 0.15) is 0 Å². The summed E-state index contributed by atoms with van der Waals surface area (Å²) in [5, 5.41) is 3.14. The van der Waals surface area contributed by atoms with Gasteiger partial charge in [-0.25, -0.2) is 0 Å². The molecule has 11 heavy (non-hydrogen) atoms. The monoisotopic (exact) mass is 159 g/mol. The van der Waals surface area contributed by atoms with Crippen LogP contribution >= 0.6 is 0 Å². The van der Waals surface area contributed by atoms with E-state index in [4.69, 9.17) is 11.5 Å². The van der Waals surface area contributed by atoms with Crippen molar-refractivity contribution in [3.8, 4) is 0 Å². The highest BCUT2D eigenvalue weighted by Crippen LogP contribution is 1.99. The van der Waals surface area contributed by atoms with Crippen molar-refractivity contribution >= 4 is 0 Å². The molecule has 3 heteroatoms. The van der Waals surface area contributed by atoms with Crippen LogP contribution in [0.25, 0.3) is 0 Å². The van der Waals surface area contributed by atoms with Crippen molar-refractivity contribution in [1.82, 2.24) is 5.32 Å². The minimum Gasteiger partial charge on any atom is -0.329 e. The van der Waals surface area contributed by atoms with E-state index >= 15 is 0 Å². The summed E-state index contributed by atoms with van der Waals surface area (Å²) < 4.78 is 0. The van der Waals surface area contributed by atoms with Gasteiger partial charge in [-0.2, -0.15) is 0 Å². The fourth-order valence-electron chi connectivity index (χ4n) is 0.985. The average molecular weight is 159 g/mol. The van der Waals surface area contributed by atoms with Crippen LogP contribution < -0.4 is 16.8 Å². The predicted octanol–water partition coefficient (Wildman–Crippen LogP) is 0.400. The van der Waals surface area contributed by atoms with Gasteiger partial charge in [0, 0.05) is 13.1 Å². The van der Waals surface area contributed by atoms with Crippen molar-refractivity contribution < 1.29 is 0 Å². The quantitative estimate of drug-likeness (QED) is 0.372. The zero-order valence-corrected chi connectivity index (χ0v) is 7.47. The highest BCUT2D eigenvalue weighted by atomic mass is 15.0. The highest BCUT2D eigenvalue weighted by molar-refractivity contribution is 4.58. The second kappa shape index (κ2) is 7.98. The van der Waals surface area contributed by atoms with Gasteiger partial charge in [0.25, 0.3) is 0 Å². The highest BCUT2D eigenvalue weighted by Gasteiger charge is 1.98. The fraction of sp³-hybridized carbons (Fsp3) is 1.00. The van der Waals surface area contributed by atoms with Crippen molar-refractivity contribution in [2.45, 2.75) is 38.8 Å². The first-order chi connectivity index (χ1) is 5.31. The molecule has 1 atom stereocenters. The second-order valence-corrected chi connectivity index (χ2v) is 2.85. The molecule has 3 nitrogen and oxygen atoms in total. The third-order valence-corrected chi connectivity index (χ3v) is 1.67. The largest absolute Gasteiger partial charge is 0.329 e. The standard InChI is InChI=1S/C8H21N3/c1-2-3-4-5-8(10)11-7-6-9/h8,11H,2-7,9-10H2,1H3. The lowest BCUT2D eigenvalue weighted by Gasteiger charge is -2.11. The molecule has 5 N–H and O–H groups in total. The van der Waals surface area contributed by atoms with Crippen molar-refractivity contribution in [2.75, 3.05) is 13.1 Å². The number of hydrogen-bond acceptors (Lipinski definition) is 3. The first-order valence-corrected chi connectivity index (χ1v) is 4.50. The molecule has 0 fully saturated rings. The van der Waals surface area contributed by atoms with Crippen LogP contribution in [0.15, 0.2) is 0 Å². The van der Waals surface area contributed by atoms with Crippen LogP contribution in [0.4, 0.5) is 0 Å². The van der Waals surface area contributed by atoms with Crippen LogP contribution in [0.3, 0.4) is 0 Å². The van der Waals surface area contributed by atoms with Crippen LogP contribution in [-0.2, 0) is 0 Å². The molecular weight excluding hydrogens is 138 g/mol. The predicted molar refractivity (Wildman–Crippen MR) is 49.2 cm³/mol. The van der Waals surface area contributed by atoms with E-state index in [1.54, 1.807) is 0 Å². The molecule has 0 spiro atoms. The maximum atomic E-state index is 5.73. The summed E-state index contributed by atoms with van der Waals surface area (Å²) in [6.07, 6.45) is 4.95. The number of hydrogen-bond donors (Lipinski definition) is 3. The molecule has 0 amide bonds. The summed E-state index contributed by atoms with van der Waals surface area (Å²) in [5.41, 5.74) is 11.0. The Labute approximate surface area is 69.5 Å². The topological polar surface area (TPSA) is 64.1 Å². The first kappa shape index (κ1) is 10.9. The van der Waals surface area contributed by atoms with Crippen LogP contribution in [-0.4, -0.2) is 19.3 Å². The molecule has 0 aromatic rings. The number of unbranched alkanes of at least 4 members (excludes halogenated alkanes) is 2. The molecule has 68 valence electrons. The Morgan fingerprint density at radius 3 is 2.64 bits per heavy atom. The molecule has 0 heterocycles. The molecular formula is C8H21N3. The third-order valence-electron chi connectivity index (χ3n) is 1.67. The average Bonchev–Trinajstić information content (AvgIpc) is 2.01. The Morgan fingerprint density at radius 2 is 2.09 bits per heavy atom. The van der Waals surface area contributed by atoms with Gasteiger partial charge in [-0.15, -0.1) is 0 Å². The van der Waals surface area contributed by atoms with E-state index in [9.17, 15) is 0 Å². The summed E-state index contributed by atoms with van der Waals surface area (Å²) >= 11 is 0. The van der Waals surface area contributed by atoms with Crippen LogP contribution in [0.1, 0.15) is 32.6 Å². The van der Waals surface area contributed by atoms with Gasteiger partial charge in [-0.05, 0) is 6.42 Å². The van der Waals surface area contributed by atoms with Gasteiger partial charge in [-0.3, -0.25) is 0 Å². The molecule has 0 rings (SSSR count). The van der Waals surface area contributed by atoms with E-state index in [-0.39, 0.29) is 6.17 Å². The summed E-state index contributed by atoms with van der Waals surface area (Å²) in [4.78, 5) is 0. The molecule has 0 radical (unpaired) electrons. The zero-order chi connectivity index (χ0) is 8.53. The Hall–Kier alpha value is -0.120. The molecule has 0 bridgehead atoms. The summed E-state index contributed by atoms with van der Waals surface area (Å²) in [6.45, 7) is 3.69. The Kier molecular flexibility index (Phi) is 7.89. The van der Waals surface area contributed by atoms with E-state index in [1.807, 2.05) is 0 Å². The molecule has 0 aromatic heterocycles. The third kappa shape index (κ3) is 7.78. The molecule has 0 aromatic carbocycles. The van der Waals surface area contributed by atoms with Crippen LogP contribution in [0.2, 0.25) is 0 Å². The van der Waals surface area contributed by atoms with Crippen molar-refractivity contribution in [3.05, 3.63) is 0 Å². The van der Waals surface area contributed by atoms with Crippen molar-refractivity contribution in [3.63, 3.8) is 0 Å². The second-order valence-electron chi connectivity index (χ2n) is 2.85. The smallest absolute Gasteiger partial charge is 0.0546 e. The molecule has 0 aliphatic carbocycles. The lowest BCUT2D eigenvalue weighted by atomic mass is 10.2. The van der Waals surface area contributed by atoms with Gasteiger partial charge >= 0.3 is 0 Å². The number of rotatable bonds is 7. The number of nitrogens with one attached hydrogen (secondary N) is 1. The Morgan fingerprint density at radius 1 is 1.36 bits per heavy atom. The summed E-state index contributed by atoms with van der Waals surface area (Å²) in [5.74, 6) is 0. The lowest BCUT2D eigenvalue weighted by molar-refractivity contribution is 0.476. The maximum absolute atomic E-state index is 5.73. The van der Waals surface area contributed by atoms with Gasteiger partial charge in [0.05, 0.1) is 6.17 Å². The van der Waals surface area contributed by atoms with Gasteiger partial charge in [0.15, 0.2) is 0 Å². The van der Waals surface area contributed by atoms with E-state index < -0.39 is 0 Å². The fourth-order valence-corrected chi connectivity index (χ4v) is 0.985. The summed E-state index contributed by atoms with van der Waals surface area (Å²) in [7, 11) is 0. The molecule has 0 saturated carbocycles. The molecule has 0 saturated heterocycles. The van der Waals surface area contributed by atoms with Crippen molar-refractivity contribution in [2.24, 2.45) is 11.5 Å². The van der Waals surface area contributed by atoms with Crippen molar-refractivity contribution in [1.29, 1.82) is 0 Å². The minimum absolute atomic E-state index is 0.144. The Bertz CT molecular complexity index is 75.7. The Balaban J connectivity index is 3.02. The minimum atomic E-state index is 0.144. The molecule has 1 unspecified atom stereocenters. The van der Waals surface area contributed by atoms with Gasteiger partial charge in [-0.1, -0.05) is 26.2 Å². The zero-order valence-electron chi connectivity index (χ0n) is 7.47. The SMILES string of the molecule is CCCCCC(N)NCCN. The molecule has 0 aliphatic heterocycles.